The average molecular weight is 803 g/mol. The number of halogens is 6. The molecule has 0 spiro atoms. The van der Waals surface area contributed by atoms with Crippen molar-refractivity contribution >= 4 is 84.0 Å². The van der Waals surface area contributed by atoms with E-state index >= 15 is 0 Å². The number of para-hydroxylation sites is 1. The second-order valence-electron chi connectivity index (χ2n) is 10.4. The minimum absolute atomic E-state index is 0.0390. The number of methoxy groups -OCH3 is 1. The van der Waals surface area contributed by atoms with E-state index in [1.165, 1.54) is 36.3 Å². The highest BCUT2D eigenvalue weighted by Crippen LogP contribution is 2.55. The molecule has 2 aromatic carbocycles. The molecule has 1 unspecified atom stereocenters. The van der Waals surface area contributed by atoms with Crippen LogP contribution in [0.5, 0.6) is 5.75 Å². The third-order valence-corrected chi connectivity index (χ3v) is 12.2. The van der Waals surface area contributed by atoms with E-state index in [0.717, 1.165) is 15.6 Å². The summed E-state index contributed by atoms with van der Waals surface area (Å²) in [5, 5.41) is 18.2. The number of hydrogen-bond acceptors (Lipinski definition) is 9. The number of carboxylic acid groups (broad SMARTS) is 1. The summed E-state index contributed by atoms with van der Waals surface area (Å²) in [4.78, 5) is 40.3. The molecular formula is C28H25BrCl2F3N3O8S2. The summed E-state index contributed by atoms with van der Waals surface area (Å²) in [6.45, 7) is -0.0930. The number of nitrogens with zero attached hydrogens (tertiary/aromatic N) is 3. The normalized spacial score (nSPS) is 21.2. The number of rotatable bonds is 6. The molecule has 254 valence electrons. The first-order chi connectivity index (χ1) is 21.8. The van der Waals surface area contributed by atoms with Crippen LogP contribution >= 0.6 is 50.5 Å². The second-order valence-corrected chi connectivity index (χ2v) is 15.4. The van der Waals surface area contributed by atoms with Crippen LogP contribution in [-0.2, 0) is 29.9 Å². The van der Waals surface area contributed by atoms with Crippen LogP contribution in [0, 0.1) is 0 Å². The van der Waals surface area contributed by atoms with Crippen molar-refractivity contribution in [2.45, 2.75) is 34.5 Å². The van der Waals surface area contributed by atoms with Crippen molar-refractivity contribution in [2.24, 2.45) is 0 Å². The van der Waals surface area contributed by atoms with Gasteiger partial charge in [0.05, 0.1) is 24.9 Å². The number of aliphatic hydroxyl groups excluding tert-OH is 1. The van der Waals surface area contributed by atoms with E-state index < -0.39 is 45.8 Å². The molecule has 47 heavy (non-hydrogen) atoms. The van der Waals surface area contributed by atoms with E-state index in [-0.39, 0.29) is 43.7 Å². The van der Waals surface area contributed by atoms with Gasteiger partial charge in [-0.2, -0.15) is 25.9 Å². The summed E-state index contributed by atoms with van der Waals surface area (Å²) in [5.41, 5.74) is -1.28. The molecule has 0 aliphatic carbocycles. The maximum Gasteiger partial charge on any atom is 0.490 e. The predicted octanol–water partition coefficient (Wildman–Crippen LogP) is 4.96. The number of likely N-dealkylation sites (tertiary alicyclic amines) is 1. The van der Waals surface area contributed by atoms with Crippen molar-refractivity contribution in [2.75, 3.05) is 32.1 Å². The van der Waals surface area contributed by atoms with Gasteiger partial charge in [0, 0.05) is 41.3 Å². The van der Waals surface area contributed by atoms with Crippen LogP contribution in [0.25, 0.3) is 0 Å². The van der Waals surface area contributed by atoms with Crippen LogP contribution in [0.3, 0.4) is 0 Å². The highest BCUT2D eigenvalue weighted by atomic mass is 79.9. The number of β-amino-alcohol motifs (C(OH)–C–C–N with tert-alkyl or cyclic N) is 1. The molecule has 1 aromatic heterocycles. The summed E-state index contributed by atoms with van der Waals surface area (Å²) < 4.78 is 66.9. The lowest BCUT2D eigenvalue weighted by atomic mass is 9.80. The van der Waals surface area contributed by atoms with Gasteiger partial charge in [-0.1, -0.05) is 41.4 Å². The van der Waals surface area contributed by atoms with Crippen molar-refractivity contribution in [3.63, 3.8) is 0 Å². The number of aliphatic hydroxyl groups is 1. The Morgan fingerprint density at radius 3 is 2.28 bits per heavy atom. The van der Waals surface area contributed by atoms with Crippen molar-refractivity contribution in [1.29, 1.82) is 0 Å². The van der Waals surface area contributed by atoms with E-state index in [9.17, 15) is 36.3 Å². The number of ether oxygens (including phenoxy) is 1. The molecule has 2 aliphatic heterocycles. The van der Waals surface area contributed by atoms with Gasteiger partial charge in [-0.15, -0.1) is 11.3 Å². The molecule has 3 aromatic rings. The number of anilines is 1. The number of carboxylic acids is 1. The maximum atomic E-state index is 15.0. The molecule has 5 rings (SSSR count). The van der Waals surface area contributed by atoms with Crippen molar-refractivity contribution < 1.29 is 50.9 Å². The highest BCUT2D eigenvalue weighted by molar-refractivity contribution is 9.10. The van der Waals surface area contributed by atoms with E-state index in [0.29, 0.717) is 15.8 Å². The van der Waals surface area contributed by atoms with E-state index in [4.69, 9.17) is 37.8 Å². The van der Waals surface area contributed by atoms with Crippen LogP contribution in [0.15, 0.2) is 57.2 Å². The number of alkyl halides is 3. The lowest BCUT2D eigenvalue weighted by Gasteiger charge is -2.42. The monoisotopic (exact) mass is 801 g/mol. The number of hydrogen-bond donors (Lipinski definition) is 2. The number of thiophene rings is 1. The molecular weight excluding hydrogens is 778 g/mol. The third kappa shape index (κ3) is 6.58. The van der Waals surface area contributed by atoms with Gasteiger partial charge in [0.15, 0.2) is 5.54 Å². The fourth-order valence-electron chi connectivity index (χ4n) is 5.48. The molecule has 0 saturated carbocycles. The standard InChI is InChI=1S/C26H24BrCl2N3O6S2.C2HF3O2/c1-30(2)24(34)20-11-15(33)13-31(20)26(16-6-4-5-7-21(16)38-3)17-10-14(28)8-9-19(17)32(25(26)35)40(36,37)22-12-18(27)23(29)39-22;3-2(4,5)1(6)7/h4-10,12,15,20,33H,11,13H2,1-3H3;(H,6,7)/t15-,20+,26?;/m1./s1. The van der Waals surface area contributed by atoms with Gasteiger partial charge >= 0.3 is 12.1 Å². The molecule has 1 fully saturated rings. The Balaban J connectivity index is 0.000000644. The van der Waals surface area contributed by atoms with Gasteiger partial charge in [-0.05, 0) is 52.7 Å². The summed E-state index contributed by atoms with van der Waals surface area (Å²) in [6, 6.07) is 11.6. The molecule has 19 heteroatoms. The number of carbonyl (C=O) groups is 3. The number of carbonyl (C=O) groups excluding carboxylic acids is 2. The smallest absolute Gasteiger partial charge is 0.490 e. The van der Waals surface area contributed by atoms with E-state index in [1.54, 1.807) is 43.3 Å². The Labute approximate surface area is 289 Å². The van der Waals surface area contributed by atoms with Gasteiger partial charge in [0.2, 0.25) is 5.91 Å². The number of fused-ring (bicyclic) bond motifs is 1. The fraction of sp³-hybridized carbons (Fsp3) is 0.321. The van der Waals surface area contributed by atoms with Gasteiger partial charge in [0.25, 0.3) is 15.9 Å². The Hall–Kier alpha value is -2.93. The molecule has 11 nitrogen and oxygen atoms in total. The molecule has 3 atom stereocenters. The minimum atomic E-state index is -5.08. The van der Waals surface area contributed by atoms with Crippen molar-refractivity contribution in [1.82, 2.24) is 9.80 Å². The Morgan fingerprint density at radius 1 is 1.13 bits per heavy atom. The lowest BCUT2D eigenvalue weighted by molar-refractivity contribution is -0.192. The van der Waals surface area contributed by atoms with Crippen LogP contribution in [0.4, 0.5) is 18.9 Å². The zero-order valence-corrected chi connectivity index (χ0v) is 29.2. The SMILES string of the molecule is COc1ccccc1C1(N2C[C@H](O)C[C@H]2C(=O)N(C)C)C(=O)N(S(=O)(=O)c2cc(Br)c(Cl)s2)c2ccc(Cl)cc21.O=C(O)C(F)(F)F. The summed E-state index contributed by atoms with van der Waals surface area (Å²) in [5.74, 6) is -3.68. The summed E-state index contributed by atoms with van der Waals surface area (Å²) >= 11 is 16.7. The second kappa shape index (κ2) is 13.5. The third-order valence-electron chi connectivity index (χ3n) is 7.35. The molecule has 1 saturated heterocycles. The van der Waals surface area contributed by atoms with Gasteiger partial charge in [-0.25, -0.2) is 4.79 Å². The molecule has 2 N–H and O–H groups in total. The number of aliphatic carboxylic acids is 1. The number of sulfonamides is 1. The lowest BCUT2D eigenvalue weighted by Crippen LogP contribution is -2.59. The number of amides is 2. The number of likely N-dealkylation sites (N-methyl/N-ethyl adjacent to an activating group) is 1. The van der Waals surface area contributed by atoms with Crippen LogP contribution < -0.4 is 9.04 Å². The van der Waals surface area contributed by atoms with Crippen molar-refractivity contribution in [3.05, 3.63) is 73.5 Å². The van der Waals surface area contributed by atoms with Crippen LogP contribution in [-0.4, -0.2) is 92.3 Å². The molecule has 2 aliphatic rings. The topological polar surface area (TPSA) is 145 Å². The van der Waals surface area contributed by atoms with E-state index in [1.807, 2.05) is 0 Å². The Bertz CT molecular complexity index is 1820. The first-order valence-electron chi connectivity index (χ1n) is 13.2. The predicted molar refractivity (Wildman–Crippen MR) is 170 cm³/mol. The zero-order chi connectivity index (χ0) is 35.2. The van der Waals surface area contributed by atoms with E-state index in [2.05, 4.69) is 15.9 Å². The summed E-state index contributed by atoms with van der Waals surface area (Å²) in [7, 11) is 0.106. The Kier molecular flexibility index (Phi) is 10.6. The highest BCUT2D eigenvalue weighted by Gasteiger charge is 2.64. The largest absolute Gasteiger partial charge is 0.496 e. The first kappa shape index (κ1) is 36.9. The molecule has 2 amide bonds. The van der Waals surface area contributed by atoms with Gasteiger partial charge in [0.1, 0.15) is 14.3 Å². The maximum absolute atomic E-state index is 15.0. The quantitative estimate of drug-likeness (QED) is 0.354. The average Bonchev–Trinajstić information content (AvgIpc) is 3.63. The fourth-order valence-corrected chi connectivity index (χ4v) is 9.49. The van der Waals surface area contributed by atoms with Crippen LogP contribution in [0.1, 0.15) is 17.5 Å². The summed E-state index contributed by atoms with van der Waals surface area (Å²) in [6.07, 6.45) is -6.01. The number of benzene rings is 2. The first-order valence-corrected chi connectivity index (χ1v) is 17.0. The van der Waals surface area contributed by atoms with Crippen molar-refractivity contribution in [3.8, 4) is 5.75 Å². The molecule has 0 bridgehead atoms. The van der Waals surface area contributed by atoms with Gasteiger partial charge < -0.3 is 19.8 Å². The van der Waals surface area contributed by atoms with Gasteiger partial charge in [-0.3, -0.25) is 14.5 Å². The molecule has 3 heterocycles. The Morgan fingerprint density at radius 2 is 1.74 bits per heavy atom. The molecule has 0 radical (unpaired) electrons. The minimum Gasteiger partial charge on any atom is -0.496 e. The zero-order valence-electron chi connectivity index (χ0n) is 24.5. The van der Waals surface area contributed by atoms with Crippen LogP contribution in [0.2, 0.25) is 9.36 Å².